The van der Waals surface area contributed by atoms with Crippen molar-refractivity contribution in [1.82, 2.24) is 9.80 Å². The Hall–Kier alpha value is -2.73. The van der Waals surface area contributed by atoms with Crippen LogP contribution >= 0.6 is 0 Å². The third-order valence-electron chi connectivity index (χ3n) is 5.51. The quantitative estimate of drug-likeness (QED) is 0.746. The first-order valence-electron chi connectivity index (χ1n) is 9.87. The summed E-state index contributed by atoms with van der Waals surface area (Å²) in [5, 5.41) is 0. The van der Waals surface area contributed by atoms with Gasteiger partial charge in [0, 0.05) is 37.3 Å². The molecule has 0 aromatic heterocycles. The van der Waals surface area contributed by atoms with E-state index in [2.05, 4.69) is 43.0 Å². The zero-order valence-electron chi connectivity index (χ0n) is 17.8. The molecule has 0 aliphatic carbocycles. The Morgan fingerprint density at radius 1 is 0.931 bits per heavy atom. The topological polar surface area (TPSA) is 51.2 Å². The molecular weight excluding hydrogens is 368 g/mol. The van der Waals surface area contributed by atoms with Crippen molar-refractivity contribution in [3.63, 3.8) is 0 Å². The van der Waals surface area contributed by atoms with Crippen molar-refractivity contribution in [2.75, 3.05) is 34.4 Å². The van der Waals surface area contributed by atoms with E-state index in [9.17, 15) is 4.79 Å². The number of hydrogen-bond acceptors (Lipinski definition) is 5. The van der Waals surface area contributed by atoms with E-state index in [1.54, 1.807) is 33.5 Å². The molecule has 2 atom stereocenters. The predicted molar refractivity (Wildman–Crippen MR) is 113 cm³/mol. The van der Waals surface area contributed by atoms with Gasteiger partial charge in [-0.05, 0) is 31.5 Å². The average Bonchev–Trinajstić information content (AvgIpc) is 2.75. The second-order valence-electron chi connectivity index (χ2n) is 7.48. The molecule has 29 heavy (non-hydrogen) atoms. The first kappa shape index (κ1) is 21.0. The van der Waals surface area contributed by atoms with Crippen LogP contribution in [0.3, 0.4) is 0 Å². The molecule has 0 radical (unpaired) electrons. The Bertz CT molecular complexity index is 803. The van der Waals surface area contributed by atoms with E-state index >= 15 is 0 Å². The van der Waals surface area contributed by atoms with Gasteiger partial charge in [-0.3, -0.25) is 9.69 Å². The van der Waals surface area contributed by atoms with Crippen LogP contribution in [0, 0.1) is 0 Å². The summed E-state index contributed by atoms with van der Waals surface area (Å²) in [6.45, 7) is 6.58. The number of methoxy groups -OCH3 is 3. The van der Waals surface area contributed by atoms with Gasteiger partial charge in [-0.2, -0.15) is 0 Å². The fraction of sp³-hybridized carbons (Fsp3) is 0.435. The SMILES string of the molecule is COc1cc(C(=O)N2CC(C)N(Cc3ccccc3)C(C)C2)cc(OC)c1OC. The number of benzene rings is 2. The van der Waals surface area contributed by atoms with Crippen LogP contribution < -0.4 is 14.2 Å². The smallest absolute Gasteiger partial charge is 0.254 e. The summed E-state index contributed by atoms with van der Waals surface area (Å²) in [7, 11) is 4.66. The standard InChI is InChI=1S/C23H30N2O4/c1-16-13-24(14-17(2)25(16)15-18-9-7-6-8-10-18)23(26)19-11-20(27-3)22(29-5)21(12-19)28-4/h6-12,16-17H,13-15H2,1-5H3. The minimum absolute atomic E-state index is 0.0256. The first-order valence-corrected chi connectivity index (χ1v) is 9.87. The van der Waals surface area contributed by atoms with Gasteiger partial charge in [0.05, 0.1) is 21.3 Å². The lowest BCUT2D eigenvalue weighted by atomic mass is 10.0. The van der Waals surface area contributed by atoms with E-state index in [-0.39, 0.29) is 18.0 Å². The zero-order valence-corrected chi connectivity index (χ0v) is 17.8. The number of hydrogen-bond donors (Lipinski definition) is 0. The number of ether oxygens (including phenoxy) is 3. The minimum atomic E-state index is -0.0256. The molecule has 0 saturated carbocycles. The maximum absolute atomic E-state index is 13.2. The summed E-state index contributed by atoms with van der Waals surface area (Å²) < 4.78 is 16.2. The molecule has 6 nitrogen and oxygen atoms in total. The number of rotatable bonds is 6. The molecule has 2 unspecified atom stereocenters. The molecule has 1 aliphatic rings. The van der Waals surface area contributed by atoms with Gasteiger partial charge >= 0.3 is 0 Å². The van der Waals surface area contributed by atoms with Crippen LogP contribution in [0.25, 0.3) is 0 Å². The first-order chi connectivity index (χ1) is 14.0. The average molecular weight is 399 g/mol. The minimum Gasteiger partial charge on any atom is -0.493 e. The lowest BCUT2D eigenvalue weighted by Crippen LogP contribution is -2.57. The van der Waals surface area contributed by atoms with Gasteiger partial charge in [-0.25, -0.2) is 0 Å². The lowest BCUT2D eigenvalue weighted by molar-refractivity contribution is 0.0269. The molecule has 1 saturated heterocycles. The van der Waals surface area contributed by atoms with E-state index in [1.807, 2.05) is 11.0 Å². The second-order valence-corrected chi connectivity index (χ2v) is 7.48. The molecule has 2 aromatic carbocycles. The van der Waals surface area contributed by atoms with E-state index in [0.29, 0.717) is 35.9 Å². The normalized spacial score (nSPS) is 19.7. The summed E-state index contributed by atoms with van der Waals surface area (Å²) in [6, 6.07) is 14.4. The van der Waals surface area contributed by atoms with Crippen molar-refractivity contribution < 1.29 is 19.0 Å². The third-order valence-corrected chi connectivity index (χ3v) is 5.51. The Kier molecular flexibility index (Phi) is 6.64. The summed E-state index contributed by atoms with van der Waals surface area (Å²) in [4.78, 5) is 17.6. The summed E-state index contributed by atoms with van der Waals surface area (Å²) in [5.74, 6) is 1.43. The number of carbonyl (C=O) groups is 1. The molecule has 0 spiro atoms. The molecular formula is C23H30N2O4. The summed E-state index contributed by atoms with van der Waals surface area (Å²) in [6.07, 6.45) is 0. The molecule has 2 aromatic rings. The van der Waals surface area contributed by atoms with Crippen molar-refractivity contribution in [3.8, 4) is 17.2 Å². The number of piperazine rings is 1. The van der Waals surface area contributed by atoms with Crippen molar-refractivity contribution in [3.05, 3.63) is 53.6 Å². The van der Waals surface area contributed by atoms with Crippen molar-refractivity contribution in [2.24, 2.45) is 0 Å². The van der Waals surface area contributed by atoms with Crippen LogP contribution in [0.5, 0.6) is 17.2 Å². The van der Waals surface area contributed by atoms with Crippen LogP contribution in [0.15, 0.2) is 42.5 Å². The molecule has 0 bridgehead atoms. The highest BCUT2D eigenvalue weighted by Crippen LogP contribution is 2.38. The fourth-order valence-corrected chi connectivity index (χ4v) is 4.02. The maximum atomic E-state index is 13.2. The summed E-state index contributed by atoms with van der Waals surface area (Å²) in [5.41, 5.74) is 1.83. The van der Waals surface area contributed by atoms with E-state index in [4.69, 9.17) is 14.2 Å². The molecule has 0 N–H and O–H groups in total. The van der Waals surface area contributed by atoms with Crippen molar-refractivity contribution in [2.45, 2.75) is 32.5 Å². The number of carbonyl (C=O) groups excluding carboxylic acids is 1. The second kappa shape index (κ2) is 9.18. The molecule has 1 amide bonds. The Balaban J connectivity index is 1.78. The van der Waals surface area contributed by atoms with Crippen LogP contribution in [0.2, 0.25) is 0 Å². The summed E-state index contributed by atoms with van der Waals surface area (Å²) >= 11 is 0. The third kappa shape index (κ3) is 4.48. The van der Waals surface area contributed by atoms with E-state index < -0.39 is 0 Å². The largest absolute Gasteiger partial charge is 0.493 e. The van der Waals surface area contributed by atoms with Gasteiger partial charge in [0.25, 0.3) is 5.91 Å². The van der Waals surface area contributed by atoms with Gasteiger partial charge in [-0.15, -0.1) is 0 Å². The molecule has 1 fully saturated rings. The van der Waals surface area contributed by atoms with Crippen LogP contribution in [-0.2, 0) is 6.54 Å². The van der Waals surface area contributed by atoms with Crippen LogP contribution in [-0.4, -0.2) is 62.2 Å². The highest BCUT2D eigenvalue weighted by Gasteiger charge is 2.32. The fourth-order valence-electron chi connectivity index (χ4n) is 4.02. The Morgan fingerprint density at radius 3 is 1.97 bits per heavy atom. The van der Waals surface area contributed by atoms with Crippen molar-refractivity contribution in [1.29, 1.82) is 0 Å². The van der Waals surface area contributed by atoms with Gasteiger partial charge in [-0.1, -0.05) is 30.3 Å². The maximum Gasteiger partial charge on any atom is 0.254 e. The van der Waals surface area contributed by atoms with Gasteiger partial charge in [0.15, 0.2) is 11.5 Å². The Labute approximate surface area is 173 Å². The molecule has 6 heteroatoms. The van der Waals surface area contributed by atoms with Gasteiger partial charge in [0.1, 0.15) is 0 Å². The van der Waals surface area contributed by atoms with E-state index in [1.165, 1.54) is 5.56 Å². The zero-order chi connectivity index (χ0) is 21.0. The number of amides is 1. The Morgan fingerprint density at radius 2 is 1.48 bits per heavy atom. The molecule has 156 valence electrons. The lowest BCUT2D eigenvalue weighted by Gasteiger charge is -2.44. The predicted octanol–water partition coefficient (Wildman–Crippen LogP) is 3.45. The van der Waals surface area contributed by atoms with Crippen LogP contribution in [0.4, 0.5) is 0 Å². The molecule has 1 heterocycles. The van der Waals surface area contributed by atoms with Crippen LogP contribution in [0.1, 0.15) is 29.8 Å². The molecule has 3 rings (SSSR count). The van der Waals surface area contributed by atoms with Crippen molar-refractivity contribution >= 4 is 5.91 Å². The number of nitrogens with zero attached hydrogens (tertiary/aromatic N) is 2. The highest BCUT2D eigenvalue weighted by molar-refractivity contribution is 5.95. The molecule has 1 aliphatic heterocycles. The monoisotopic (exact) mass is 398 g/mol. The van der Waals surface area contributed by atoms with E-state index in [0.717, 1.165) is 6.54 Å². The van der Waals surface area contributed by atoms with Gasteiger partial charge < -0.3 is 19.1 Å². The highest BCUT2D eigenvalue weighted by atomic mass is 16.5. The van der Waals surface area contributed by atoms with Gasteiger partial charge in [0.2, 0.25) is 5.75 Å².